The van der Waals surface area contributed by atoms with Crippen molar-refractivity contribution in [2.45, 2.75) is 32.0 Å². The summed E-state index contributed by atoms with van der Waals surface area (Å²) in [5.41, 5.74) is 1.29. The number of benzene rings is 1. The normalized spacial score (nSPS) is 25.4. The third-order valence-electron chi connectivity index (χ3n) is 3.88. The summed E-state index contributed by atoms with van der Waals surface area (Å²) in [6.07, 6.45) is 0.217. The van der Waals surface area contributed by atoms with Gasteiger partial charge < -0.3 is 10.0 Å². The lowest BCUT2D eigenvalue weighted by Crippen LogP contribution is -2.55. The van der Waals surface area contributed by atoms with Gasteiger partial charge in [-0.25, -0.2) is 0 Å². The van der Waals surface area contributed by atoms with Gasteiger partial charge in [0.1, 0.15) is 0 Å². The van der Waals surface area contributed by atoms with Crippen LogP contribution in [0.3, 0.4) is 0 Å². The molecule has 0 aliphatic carbocycles. The highest BCUT2D eigenvalue weighted by Gasteiger charge is 2.30. The summed E-state index contributed by atoms with van der Waals surface area (Å²) >= 11 is 0. The second-order valence-electron chi connectivity index (χ2n) is 5.46. The molecule has 2 rings (SSSR count). The van der Waals surface area contributed by atoms with E-state index in [4.69, 9.17) is 5.11 Å². The van der Waals surface area contributed by atoms with E-state index in [1.807, 2.05) is 25.2 Å². The maximum Gasteiger partial charge on any atom is 0.304 e. The van der Waals surface area contributed by atoms with Crippen molar-refractivity contribution in [2.24, 2.45) is 0 Å². The number of carbonyl (C=O) groups is 1. The number of likely N-dealkylation sites (N-methyl/N-ethyl adjacent to an activating group) is 1. The zero-order valence-electron chi connectivity index (χ0n) is 11.6. The molecule has 1 saturated heterocycles. The molecule has 4 nitrogen and oxygen atoms in total. The molecule has 0 unspecified atom stereocenters. The Morgan fingerprint density at radius 2 is 2.00 bits per heavy atom. The zero-order chi connectivity index (χ0) is 13.8. The molecule has 4 heteroatoms. The molecule has 0 aromatic heterocycles. The van der Waals surface area contributed by atoms with Crippen molar-refractivity contribution in [3.63, 3.8) is 0 Å². The molecular formula is C15H22N2O2. The van der Waals surface area contributed by atoms with Crippen LogP contribution in [0.1, 0.15) is 18.9 Å². The number of nitrogens with zero attached hydrogens (tertiary/aromatic N) is 2. The molecule has 104 valence electrons. The zero-order valence-corrected chi connectivity index (χ0v) is 11.6. The summed E-state index contributed by atoms with van der Waals surface area (Å²) in [6.45, 7) is 4.84. The topological polar surface area (TPSA) is 43.8 Å². The summed E-state index contributed by atoms with van der Waals surface area (Å²) in [7, 11) is 2.02. The molecule has 1 aromatic rings. The van der Waals surface area contributed by atoms with Gasteiger partial charge in [0, 0.05) is 31.7 Å². The molecule has 1 fully saturated rings. The smallest absolute Gasteiger partial charge is 0.304 e. The van der Waals surface area contributed by atoms with E-state index in [0.717, 1.165) is 19.6 Å². The van der Waals surface area contributed by atoms with Gasteiger partial charge >= 0.3 is 5.97 Å². The average Bonchev–Trinajstić information content (AvgIpc) is 2.36. The molecule has 0 radical (unpaired) electrons. The van der Waals surface area contributed by atoms with Gasteiger partial charge in [-0.2, -0.15) is 0 Å². The van der Waals surface area contributed by atoms with E-state index in [-0.39, 0.29) is 12.5 Å². The van der Waals surface area contributed by atoms with Gasteiger partial charge in [0.25, 0.3) is 0 Å². The van der Waals surface area contributed by atoms with E-state index >= 15 is 0 Å². The predicted molar refractivity (Wildman–Crippen MR) is 75.0 cm³/mol. The number of piperazine rings is 1. The fourth-order valence-corrected chi connectivity index (χ4v) is 2.73. The second kappa shape index (κ2) is 6.17. The van der Waals surface area contributed by atoms with E-state index < -0.39 is 5.97 Å². The summed E-state index contributed by atoms with van der Waals surface area (Å²) in [4.78, 5) is 15.5. The van der Waals surface area contributed by atoms with Crippen molar-refractivity contribution in [3.05, 3.63) is 35.9 Å². The number of carboxylic acid groups (broad SMARTS) is 1. The first kappa shape index (κ1) is 14.0. The standard InChI is InChI=1S/C15H22N2O2/c1-12-9-16(2)14(8-15(18)19)11-17(12)10-13-6-4-3-5-7-13/h3-7,12,14H,8-11H2,1-2H3,(H,18,19)/t12-,14-/m0/s1. The average molecular weight is 262 g/mol. The maximum atomic E-state index is 10.9. The Morgan fingerprint density at radius 1 is 1.32 bits per heavy atom. The SMILES string of the molecule is C[C@H]1CN(C)[C@@H](CC(=O)O)CN1Cc1ccccc1. The molecule has 19 heavy (non-hydrogen) atoms. The van der Waals surface area contributed by atoms with Gasteiger partial charge in [-0.1, -0.05) is 30.3 Å². The van der Waals surface area contributed by atoms with Gasteiger partial charge in [-0.15, -0.1) is 0 Å². The molecular weight excluding hydrogens is 240 g/mol. The molecule has 1 aliphatic rings. The molecule has 0 spiro atoms. The summed E-state index contributed by atoms with van der Waals surface area (Å²) in [5.74, 6) is -0.717. The quantitative estimate of drug-likeness (QED) is 0.896. The van der Waals surface area contributed by atoms with Gasteiger partial charge in [-0.3, -0.25) is 9.69 Å². The molecule has 1 N–H and O–H groups in total. The first-order valence-electron chi connectivity index (χ1n) is 6.76. The predicted octanol–water partition coefficient (Wildman–Crippen LogP) is 1.67. The van der Waals surface area contributed by atoms with Crippen molar-refractivity contribution in [1.82, 2.24) is 9.80 Å². The van der Waals surface area contributed by atoms with Crippen molar-refractivity contribution < 1.29 is 9.90 Å². The molecule has 1 heterocycles. The molecule has 0 bridgehead atoms. The fourth-order valence-electron chi connectivity index (χ4n) is 2.73. The van der Waals surface area contributed by atoms with Crippen LogP contribution in [0.15, 0.2) is 30.3 Å². The summed E-state index contributed by atoms with van der Waals surface area (Å²) < 4.78 is 0. The van der Waals surface area contributed by atoms with Crippen molar-refractivity contribution in [2.75, 3.05) is 20.1 Å². The summed E-state index contributed by atoms with van der Waals surface area (Å²) in [6, 6.07) is 10.9. The highest BCUT2D eigenvalue weighted by molar-refractivity contribution is 5.67. The van der Waals surface area contributed by atoms with Crippen LogP contribution in [0.25, 0.3) is 0 Å². The van der Waals surface area contributed by atoms with Crippen molar-refractivity contribution in [1.29, 1.82) is 0 Å². The van der Waals surface area contributed by atoms with E-state index in [2.05, 4.69) is 28.9 Å². The monoisotopic (exact) mass is 262 g/mol. The molecule has 1 aliphatic heterocycles. The molecule has 1 aromatic carbocycles. The third kappa shape index (κ3) is 3.78. The van der Waals surface area contributed by atoms with Crippen LogP contribution < -0.4 is 0 Å². The van der Waals surface area contributed by atoms with E-state index in [9.17, 15) is 4.79 Å². The second-order valence-corrected chi connectivity index (χ2v) is 5.46. The lowest BCUT2D eigenvalue weighted by atomic mass is 10.0. The van der Waals surface area contributed by atoms with E-state index in [0.29, 0.717) is 6.04 Å². The Hall–Kier alpha value is -1.39. The Bertz CT molecular complexity index is 421. The number of carboxylic acids is 1. The van der Waals surface area contributed by atoms with Crippen LogP contribution >= 0.6 is 0 Å². The lowest BCUT2D eigenvalue weighted by molar-refractivity contribution is -0.139. The number of aliphatic carboxylic acids is 1. The van der Waals surface area contributed by atoms with Crippen LogP contribution in [-0.4, -0.2) is 53.1 Å². The van der Waals surface area contributed by atoms with Gasteiger partial charge in [-0.05, 0) is 19.5 Å². The van der Waals surface area contributed by atoms with Crippen LogP contribution in [0, 0.1) is 0 Å². The largest absolute Gasteiger partial charge is 0.481 e. The van der Waals surface area contributed by atoms with E-state index in [1.54, 1.807) is 0 Å². The number of rotatable bonds is 4. The molecule has 2 atom stereocenters. The van der Waals surface area contributed by atoms with Crippen molar-refractivity contribution >= 4 is 5.97 Å². The molecule has 0 saturated carbocycles. The highest BCUT2D eigenvalue weighted by atomic mass is 16.4. The van der Waals surface area contributed by atoms with E-state index in [1.165, 1.54) is 5.56 Å². The Labute approximate surface area is 114 Å². The molecule has 0 amide bonds. The minimum atomic E-state index is -0.717. The Balaban J connectivity index is 2.01. The Kier molecular flexibility index (Phi) is 4.56. The minimum absolute atomic E-state index is 0.109. The Morgan fingerprint density at radius 3 is 2.63 bits per heavy atom. The van der Waals surface area contributed by atoms with Crippen LogP contribution in [0.2, 0.25) is 0 Å². The van der Waals surface area contributed by atoms with Crippen molar-refractivity contribution in [3.8, 4) is 0 Å². The van der Waals surface area contributed by atoms with Gasteiger partial charge in [0.2, 0.25) is 0 Å². The van der Waals surface area contributed by atoms with Crippen LogP contribution in [-0.2, 0) is 11.3 Å². The number of hydrogen-bond donors (Lipinski definition) is 1. The fraction of sp³-hybridized carbons (Fsp3) is 0.533. The van der Waals surface area contributed by atoms with Crippen LogP contribution in [0.4, 0.5) is 0 Å². The lowest BCUT2D eigenvalue weighted by Gasteiger charge is -2.43. The minimum Gasteiger partial charge on any atom is -0.481 e. The summed E-state index contributed by atoms with van der Waals surface area (Å²) in [5, 5.41) is 8.98. The maximum absolute atomic E-state index is 10.9. The van der Waals surface area contributed by atoms with Gasteiger partial charge in [0.15, 0.2) is 0 Å². The van der Waals surface area contributed by atoms with Gasteiger partial charge in [0.05, 0.1) is 6.42 Å². The third-order valence-corrected chi connectivity index (χ3v) is 3.88. The highest BCUT2D eigenvalue weighted by Crippen LogP contribution is 2.18. The van der Waals surface area contributed by atoms with Crippen LogP contribution in [0.5, 0.6) is 0 Å². The first-order valence-corrected chi connectivity index (χ1v) is 6.76. The number of hydrogen-bond acceptors (Lipinski definition) is 3. The first-order chi connectivity index (χ1) is 9.06.